The second kappa shape index (κ2) is 4.11. The molecule has 0 fully saturated rings. The lowest BCUT2D eigenvalue weighted by molar-refractivity contribution is 0.0695. The Morgan fingerprint density at radius 1 is 1.57 bits per heavy atom. The summed E-state index contributed by atoms with van der Waals surface area (Å²) in [6.07, 6.45) is 0.488. The molecule has 1 atom stereocenters. The molecule has 4 nitrogen and oxygen atoms in total. The van der Waals surface area contributed by atoms with Crippen LogP contribution < -0.4 is 5.73 Å². The van der Waals surface area contributed by atoms with Crippen molar-refractivity contribution in [3.8, 4) is 5.75 Å². The van der Waals surface area contributed by atoms with Crippen LogP contribution in [0.4, 0.5) is 0 Å². The van der Waals surface area contributed by atoms with E-state index in [1.807, 2.05) is 0 Å². The van der Waals surface area contributed by atoms with Crippen LogP contribution in [0.5, 0.6) is 5.75 Å². The van der Waals surface area contributed by atoms with Gasteiger partial charge in [-0.2, -0.15) is 0 Å². The van der Waals surface area contributed by atoms with Gasteiger partial charge in [0.15, 0.2) is 0 Å². The molecule has 0 saturated carbocycles. The summed E-state index contributed by atoms with van der Waals surface area (Å²) in [4.78, 5) is 10.8. The van der Waals surface area contributed by atoms with Gasteiger partial charge in [-0.15, -0.1) is 0 Å². The van der Waals surface area contributed by atoms with Crippen molar-refractivity contribution < 1.29 is 15.0 Å². The van der Waals surface area contributed by atoms with E-state index in [0.29, 0.717) is 12.0 Å². The van der Waals surface area contributed by atoms with Crippen LogP contribution in [0, 0.1) is 0 Å². The van der Waals surface area contributed by atoms with E-state index in [1.54, 1.807) is 13.0 Å². The lowest BCUT2D eigenvalue weighted by atomic mass is 10.0. The second-order valence-corrected chi connectivity index (χ2v) is 3.33. The van der Waals surface area contributed by atoms with E-state index in [9.17, 15) is 4.79 Å². The lowest BCUT2D eigenvalue weighted by Crippen LogP contribution is -2.19. The molecular weight excluding hydrogens is 182 g/mol. The Bertz CT molecular complexity index is 347. The summed E-state index contributed by atoms with van der Waals surface area (Å²) in [5, 5.41) is 18.0. The minimum absolute atomic E-state index is 0.0455. The monoisotopic (exact) mass is 195 g/mol. The van der Waals surface area contributed by atoms with Gasteiger partial charge in [0.1, 0.15) is 5.75 Å². The van der Waals surface area contributed by atoms with E-state index in [0.717, 1.165) is 0 Å². The molecule has 0 spiro atoms. The topological polar surface area (TPSA) is 83.5 Å². The Labute approximate surface area is 82.0 Å². The Morgan fingerprint density at radius 2 is 2.21 bits per heavy atom. The third-order valence-corrected chi connectivity index (χ3v) is 1.87. The van der Waals surface area contributed by atoms with Crippen molar-refractivity contribution in [1.29, 1.82) is 0 Å². The van der Waals surface area contributed by atoms with Crippen molar-refractivity contribution in [3.05, 3.63) is 29.3 Å². The summed E-state index contributed by atoms with van der Waals surface area (Å²) in [5.74, 6) is -1.09. The van der Waals surface area contributed by atoms with Crippen LogP contribution in [0.1, 0.15) is 22.8 Å². The fourth-order valence-corrected chi connectivity index (χ4v) is 1.29. The summed E-state index contributed by atoms with van der Waals surface area (Å²) in [7, 11) is 0. The number of benzene rings is 1. The van der Waals surface area contributed by atoms with Crippen LogP contribution in [0.15, 0.2) is 18.2 Å². The molecule has 4 N–H and O–H groups in total. The number of nitrogens with two attached hydrogens (primary N) is 1. The van der Waals surface area contributed by atoms with E-state index >= 15 is 0 Å². The SMILES string of the molecule is C[C@H](N)Cc1ccc(O)cc1C(=O)O. The highest BCUT2D eigenvalue weighted by Crippen LogP contribution is 2.17. The molecule has 0 aliphatic heterocycles. The third kappa shape index (κ3) is 2.47. The van der Waals surface area contributed by atoms with Gasteiger partial charge in [0.25, 0.3) is 0 Å². The van der Waals surface area contributed by atoms with Gasteiger partial charge in [-0.05, 0) is 31.0 Å². The predicted molar refractivity (Wildman–Crippen MR) is 52.4 cm³/mol. The van der Waals surface area contributed by atoms with Gasteiger partial charge in [0, 0.05) is 6.04 Å². The molecular formula is C10H13NO3. The maximum Gasteiger partial charge on any atom is 0.336 e. The van der Waals surface area contributed by atoms with Crippen molar-refractivity contribution >= 4 is 5.97 Å². The molecule has 0 aromatic heterocycles. The van der Waals surface area contributed by atoms with Crippen molar-refractivity contribution in [2.75, 3.05) is 0 Å². The number of aromatic hydroxyl groups is 1. The molecule has 0 radical (unpaired) electrons. The predicted octanol–water partition coefficient (Wildman–Crippen LogP) is 0.980. The molecule has 0 amide bonds. The van der Waals surface area contributed by atoms with Crippen molar-refractivity contribution in [2.24, 2.45) is 5.73 Å². The highest BCUT2D eigenvalue weighted by molar-refractivity contribution is 5.89. The number of aromatic carboxylic acids is 1. The average Bonchev–Trinajstić information content (AvgIpc) is 2.07. The number of rotatable bonds is 3. The van der Waals surface area contributed by atoms with E-state index in [1.165, 1.54) is 12.1 Å². The average molecular weight is 195 g/mol. The number of hydrogen-bond acceptors (Lipinski definition) is 3. The summed E-state index contributed by atoms with van der Waals surface area (Å²) >= 11 is 0. The molecule has 0 heterocycles. The standard InChI is InChI=1S/C10H13NO3/c1-6(11)4-7-2-3-8(12)5-9(7)10(13)14/h2-3,5-6,12H,4,11H2,1H3,(H,13,14)/t6-/m0/s1. The molecule has 76 valence electrons. The van der Waals surface area contributed by atoms with Gasteiger partial charge in [-0.1, -0.05) is 6.07 Å². The third-order valence-electron chi connectivity index (χ3n) is 1.87. The number of carboxylic acid groups (broad SMARTS) is 1. The van der Waals surface area contributed by atoms with Gasteiger partial charge in [0.2, 0.25) is 0 Å². The van der Waals surface area contributed by atoms with E-state index < -0.39 is 5.97 Å². The van der Waals surface area contributed by atoms with Gasteiger partial charge >= 0.3 is 5.97 Å². The highest BCUT2D eigenvalue weighted by atomic mass is 16.4. The van der Waals surface area contributed by atoms with Gasteiger partial charge in [-0.3, -0.25) is 0 Å². The first-order valence-corrected chi connectivity index (χ1v) is 4.31. The molecule has 14 heavy (non-hydrogen) atoms. The highest BCUT2D eigenvalue weighted by Gasteiger charge is 2.11. The maximum absolute atomic E-state index is 10.8. The summed E-state index contributed by atoms with van der Waals surface area (Å²) in [6.45, 7) is 1.80. The largest absolute Gasteiger partial charge is 0.508 e. The van der Waals surface area contributed by atoms with Crippen LogP contribution in [0.3, 0.4) is 0 Å². The normalized spacial score (nSPS) is 12.4. The fourth-order valence-electron chi connectivity index (χ4n) is 1.29. The van der Waals surface area contributed by atoms with E-state index in [-0.39, 0.29) is 17.4 Å². The molecule has 1 aromatic carbocycles. The van der Waals surface area contributed by atoms with Crippen LogP contribution in [-0.4, -0.2) is 22.2 Å². The van der Waals surface area contributed by atoms with Crippen LogP contribution >= 0.6 is 0 Å². The summed E-state index contributed by atoms with van der Waals surface area (Å²) < 4.78 is 0. The Hall–Kier alpha value is -1.55. The van der Waals surface area contributed by atoms with Crippen molar-refractivity contribution in [2.45, 2.75) is 19.4 Å². The molecule has 1 rings (SSSR count). The van der Waals surface area contributed by atoms with Gasteiger partial charge < -0.3 is 15.9 Å². The first kappa shape index (κ1) is 10.5. The van der Waals surface area contributed by atoms with Crippen LogP contribution in [0.25, 0.3) is 0 Å². The number of carbonyl (C=O) groups is 1. The Balaban J connectivity index is 3.08. The van der Waals surface area contributed by atoms with Gasteiger partial charge in [-0.25, -0.2) is 4.79 Å². The quantitative estimate of drug-likeness (QED) is 0.671. The molecule has 0 bridgehead atoms. The summed E-state index contributed by atoms with van der Waals surface area (Å²) in [5.41, 5.74) is 6.33. The number of carboxylic acids is 1. The van der Waals surface area contributed by atoms with E-state index in [4.69, 9.17) is 15.9 Å². The molecule has 4 heteroatoms. The fraction of sp³-hybridized carbons (Fsp3) is 0.300. The summed E-state index contributed by atoms with van der Waals surface area (Å²) in [6, 6.07) is 4.18. The van der Waals surface area contributed by atoms with Crippen molar-refractivity contribution in [1.82, 2.24) is 0 Å². The lowest BCUT2D eigenvalue weighted by Gasteiger charge is -2.08. The van der Waals surface area contributed by atoms with E-state index in [2.05, 4.69) is 0 Å². The number of phenols is 1. The zero-order valence-electron chi connectivity index (χ0n) is 7.90. The zero-order chi connectivity index (χ0) is 10.7. The van der Waals surface area contributed by atoms with Crippen LogP contribution in [-0.2, 0) is 6.42 Å². The Kier molecular flexibility index (Phi) is 3.09. The Morgan fingerprint density at radius 3 is 2.71 bits per heavy atom. The molecule has 0 saturated heterocycles. The van der Waals surface area contributed by atoms with Crippen LogP contribution in [0.2, 0.25) is 0 Å². The minimum Gasteiger partial charge on any atom is -0.508 e. The zero-order valence-corrected chi connectivity index (χ0v) is 7.90. The number of hydrogen-bond donors (Lipinski definition) is 3. The molecule has 0 unspecified atom stereocenters. The van der Waals surface area contributed by atoms with Crippen molar-refractivity contribution in [3.63, 3.8) is 0 Å². The number of phenolic OH excluding ortho intramolecular Hbond substituents is 1. The molecule has 1 aromatic rings. The smallest absolute Gasteiger partial charge is 0.336 e. The maximum atomic E-state index is 10.8. The van der Waals surface area contributed by atoms with Gasteiger partial charge in [0.05, 0.1) is 5.56 Å². The first-order valence-electron chi connectivity index (χ1n) is 4.31. The minimum atomic E-state index is -1.04. The first-order chi connectivity index (χ1) is 6.50. The second-order valence-electron chi connectivity index (χ2n) is 3.33. The molecule has 0 aliphatic rings. The molecule has 0 aliphatic carbocycles.